The second-order valence-electron chi connectivity index (χ2n) is 3.50. The maximum atomic E-state index is 11.8. The Labute approximate surface area is 115 Å². The van der Waals surface area contributed by atoms with Gasteiger partial charge in [0.05, 0.1) is 22.2 Å². The van der Waals surface area contributed by atoms with E-state index in [1.54, 1.807) is 6.92 Å². The molecule has 7 heteroatoms. The summed E-state index contributed by atoms with van der Waals surface area (Å²) in [4.78, 5) is 23.0. The van der Waals surface area contributed by atoms with Crippen molar-refractivity contribution in [1.29, 1.82) is 0 Å². The molecule has 4 N–H and O–H groups in total. The number of hydrogen-bond acceptors (Lipinski definition) is 3. The largest absolute Gasteiger partial charge is 0.399 e. The predicted octanol–water partition coefficient (Wildman–Crippen LogP) is 1.44. The number of nitrogen functional groups attached to an aromatic ring is 1. The first-order chi connectivity index (χ1) is 8.45. The molecule has 0 unspecified atom stereocenters. The van der Waals surface area contributed by atoms with Crippen molar-refractivity contribution in [3.8, 4) is 0 Å². The second kappa shape index (κ2) is 6.47. The van der Waals surface area contributed by atoms with Crippen molar-refractivity contribution < 1.29 is 9.59 Å². The number of benzene rings is 1. The molecule has 0 aliphatic rings. The van der Waals surface area contributed by atoms with Crippen molar-refractivity contribution >= 4 is 40.7 Å². The summed E-state index contributed by atoms with van der Waals surface area (Å²) in [5.41, 5.74) is 6.04. The van der Waals surface area contributed by atoms with E-state index in [-0.39, 0.29) is 28.1 Å². The van der Waals surface area contributed by atoms with Crippen LogP contribution in [0.5, 0.6) is 0 Å². The molecular weight excluding hydrogens is 277 g/mol. The van der Waals surface area contributed by atoms with E-state index in [1.165, 1.54) is 12.1 Å². The van der Waals surface area contributed by atoms with Crippen LogP contribution in [-0.2, 0) is 4.79 Å². The van der Waals surface area contributed by atoms with E-state index in [2.05, 4.69) is 10.6 Å². The number of rotatable bonds is 4. The highest BCUT2D eigenvalue weighted by atomic mass is 35.5. The van der Waals surface area contributed by atoms with E-state index < -0.39 is 5.91 Å². The van der Waals surface area contributed by atoms with Crippen LogP contribution in [0.4, 0.5) is 5.69 Å². The van der Waals surface area contributed by atoms with Crippen LogP contribution in [0.15, 0.2) is 12.1 Å². The molecular formula is C11H13Cl2N3O2. The summed E-state index contributed by atoms with van der Waals surface area (Å²) >= 11 is 11.7. The number of likely N-dealkylation sites (N-methyl/N-ethyl adjacent to an activating group) is 1. The minimum atomic E-state index is -0.500. The molecule has 0 bridgehead atoms. The Morgan fingerprint density at radius 3 is 2.56 bits per heavy atom. The lowest BCUT2D eigenvalue weighted by Crippen LogP contribution is -2.36. The molecule has 0 heterocycles. The molecule has 0 radical (unpaired) electrons. The number of nitrogens with one attached hydrogen (secondary N) is 2. The molecule has 2 amide bonds. The Morgan fingerprint density at radius 2 is 1.94 bits per heavy atom. The van der Waals surface area contributed by atoms with Gasteiger partial charge in [-0.2, -0.15) is 0 Å². The minimum absolute atomic E-state index is 0.110. The lowest BCUT2D eigenvalue weighted by Gasteiger charge is -2.08. The van der Waals surface area contributed by atoms with E-state index in [0.717, 1.165) is 0 Å². The molecule has 18 heavy (non-hydrogen) atoms. The van der Waals surface area contributed by atoms with E-state index in [9.17, 15) is 9.59 Å². The van der Waals surface area contributed by atoms with E-state index >= 15 is 0 Å². The van der Waals surface area contributed by atoms with Crippen molar-refractivity contribution in [1.82, 2.24) is 10.6 Å². The molecule has 1 aromatic carbocycles. The Kier molecular flexibility index (Phi) is 5.25. The fourth-order valence-corrected chi connectivity index (χ4v) is 1.71. The molecule has 0 saturated carbocycles. The van der Waals surface area contributed by atoms with Crippen molar-refractivity contribution in [3.05, 3.63) is 27.7 Å². The molecule has 0 atom stereocenters. The normalized spacial score (nSPS) is 9.94. The molecule has 0 fully saturated rings. The summed E-state index contributed by atoms with van der Waals surface area (Å²) in [6, 6.07) is 2.85. The van der Waals surface area contributed by atoms with Crippen LogP contribution in [0.2, 0.25) is 10.0 Å². The van der Waals surface area contributed by atoms with Crippen molar-refractivity contribution in [2.75, 3.05) is 18.8 Å². The Balaban J connectivity index is 2.76. The molecule has 1 rings (SSSR count). The van der Waals surface area contributed by atoms with Crippen molar-refractivity contribution in [3.63, 3.8) is 0 Å². The third-order valence-corrected chi connectivity index (χ3v) is 2.88. The van der Waals surface area contributed by atoms with Crippen LogP contribution in [0.3, 0.4) is 0 Å². The quantitative estimate of drug-likeness (QED) is 0.734. The number of nitrogens with two attached hydrogens (primary N) is 1. The topological polar surface area (TPSA) is 84.2 Å². The van der Waals surface area contributed by atoms with E-state index in [4.69, 9.17) is 28.9 Å². The Hall–Kier alpha value is -1.46. The monoisotopic (exact) mass is 289 g/mol. The van der Waals surface area contributed by atoms with Gasteiger partial charge in [0.2, 0.25) is 5.91 Å². The second-order valence-corrected chi connectivity index (χ2v) is 4.29. The number of carbonyl (C=O) groups is 2. The van der Waals surface area contributed by atoms with Crippen molar-refractivity contribution in [2.24, 2.45) is 0 Å². The lowest BCUT2D eigenvalue weighted by molar-refractivity contribution is -0.120. The number of halogens is 2. The van der Waals surface area contributed by atoms with Gasteiger partial charge in [-0.3, -0.25) is 9.59 Å². The summed E-state index contributed by atoms with van der Waals surface area (Å²) in [6.45, 7) is 2.16. The van der Waals surface area contributed by atoms with Gasteiger partial charge < -0.3 is 16.4 Å². The Morgan fingerprint density at radius 1 is 1.28 bits per heavy atom. The molecule has 0 aliphatic heterocycles. The van der Waals surface area contributed by atoms with Crippen LogP contribution in [0.25, 0.3) is 0 Å². The van der Waals surface area contributed by atoms with Gasteiger partial charge in [0.1, 0.15) is 0 Å². The predicted molar refractivity (Wildman–Crippen MR) is 71.9 cm³/mol. The highest BCUT2D eigenvalue weighted by Gasteiger charge is 2.14. The fraction of sp³-hybridized carbons (Fsp3) is 0.273. The summed E-state index contributed by atoms with van der Waals surface area (Å²) in [7, 11) is 0. The zero-order valence-corrected chi connectivity index (χ0v) is 11.2. The minimum Gasteiger partial charge on any atom is -0.399 e. The molecule has 1 aromatic rings. The first-order valence-electron chi connectivity index (χ1n) is 5.25. The summed E-state index contributed by atoms with van der Waals surface area (Å²) in [5.74, 6) is -0.780. The maximum Gasteiger partial charge on any atom is 0.253 e. The molecule has 0 aliphatic carbocycles. The van der Waals surface area contributed by atoms with Gasteiger partial charge in [0.15, 0.2) is 0 Å². The molecule has 5 nitrogen and oxygen atoms in total. The maximum absolute atomic E-state index is 11.8. The lowest BCUT2D eigenvalue weighted by atomic mass is 10.2. The Bertz CT molecular complexity index is 478. The highest BCUT2D eigenvalue weighted by Crippen LogP contribution is 2.28. The van der Waals surface area contributed by atoms with Crippen molar-refractivity contribution in [2.45, 2.75) is 6.92 Å². The number of amides is 2. The van der Waals surface area contributed by atoms with E-state index in [1.807, 2.05) is 0 Å². The van der Waals surface area contributed by atoms with E-state index in [0.29, 0.717) is 12.2 Å². The van der Waals surface area contributed by atoms with Gasteiger partial charge in [-0.25, -0.2) is 0 Å². The average molecular weight is 290 g/mol. The highest BCUT2D eigenvalue weighted by molar-refractivity contribution is 6.44. The van der Waals surface area contributed by atoms with Gasteiger partial charge in [-0.1, -0.05) is 23.2 Å². The first-order valence-corrected chi connectivity index (χ1v) is 6.00. The standard InChI is InChI=1S/C11H13Cl2N3O2/c1-2-15-9(17)5-16-11(18)7-3-6(14)4-8(12)10(7)13/h3-4H,2,5,14H2,1H3,(H,15,17)(H,16,18). The van der Waals surface area contributed by atoms with Crippen LogP contribution in [0, 0.1) is 0 Å². The average Bonchev–Trinajstić information content (AvgIpc) is 2.31. The van der Waals surface area contributed by atoms with Gasteiger partial charge in [0.25, 0.3) is 5.91 Å². The van der Waals surface area contributed by atoms with Crippen LogP contribution >= 0.6 is 23.2 Å². The molecule has 0 spiro atoms. The number of hydrogen-bond donors (Lipinski definition) is 3. The van der Waals surface area contributed by atoms with Crippen LogP contribution < -0.4 is 16.4 Å². The van der Waals surface area contributed by atoms with Gasteiger partial charge >= 0.3 is 0 Å². The van der Waals surface area contributed by atoms with Gasteiger partial charge in [-0.05, 0) is 19.1 Å². The third-order valence-electron chi connectivity index (χ3n) is 2.08. The zero-order valence-electron chi connectivity index (χ0n) is 9.72. The summed E-state index contributed by atoms with van der Waals surface area (Å²) in [5, 5.41) is 5.29. The fourth-order valence-electron chi connectivity index (χ4n) is 1.29. The number of carbonyl (C=O) groups excluding carboxylic acids is 2. The van der Waals surface area contributed by atoms with Crippen LogP contribution in [-0.4, -0.2) is 24.9 Å². The molecule has 0 saturated heterocycles. The number of anilines is 1. The molecule has 0 aromatic heterocycles. The first kappa shape index (κ1) is 14.6. The zero-order chi connectivity index (χ0) is 13.7. The smallest absolute Gasteiger partial charge is 0.253 e. The third kappa shape index (κ3) is 3.78. The van der Waals surface area contributed by atoms with Gasteiger partial charge in [0, 0.05) is 12.2 Å². The molecule has 98 valence electrons. The SMILES string of the molecule is CCNC(=O)CNC(=O)c1cc(N)cc(Cl)c1Cl. The summed E-state index contributed by atoms with van der Waals surface area (Å²) in [6.07, 6.45) is 0. The van der Waals surface area contributed by atoms with Crippen LogP contribution in [0.1, 0.15) is 17.3 Å². The summed E-state index contributed by atoms with van der Waals surface area (Å²) < 4.78 is 0. The van der Waals surface area contributed by atoms with Gasteiger partial charge in [-0.15, -0.1) is 0 Å².